The van der Waals surface area contributed by atoms with Crippen molar-refractivity contribution in [1.29, 1.82) is 0 Å². The highest BCUT2D eigenvalue weighted by Crippen LogP contribution is 2.45. The summed E-state index contributed by atoms with van der Waals surface area (Å²) in [5, 5.41) is 0. The van der Waals surface area contributed by atoms with Crippen molar-refractivity contribution in [2.24, 2.45) is 5.73 Å². The third-order valence-corrected chi connectivity index (χ3v) is 3.75. The van der Waals surface area contributed by atoms with Crippen LogP contribution in [0.25, 0.3) is 0 Å². The molecule has 0 saturated heterocycles. The number of fused-ring (bicyclic) bond motifs is 2. The Bertz CT molecular complexity index is 589. The number of primary amides is 1. The summed E-state index contributed by atoms with van der Waals surface area (Å²) in [6.45, 7) is 0. The number of nitrogens with zero attached hydrogens (tertiary/aromatic N) is 1. The number of nitrogens with two attached hydrogens (primary N) is 1. The quantitative estimate of drug-likeness (QED) is 0.893. The highest BCUT2D eigenvalue weighted by atomic mass is 16.1. The zero-order valence-electron chi connectivity index (χ0n) is 10.8. The minimum atomic E-state index is -0.265. The molecule has 1 heterocycles. The highest BCUT2D eigenvalue weighted by Gasteiger charge is 2.28. The van der Waals surface area contributed by atoms with Crippen LogP contribution in [0.1, 0.15) is 23.5 Å². The van der Waals surface area contributed by atoms with Crippen molar-refractivity contribution in [2.75, 3.05) is 11.9 Å². The first kappa shape index (κ1) is 11.8. The predicted molar refractivity (Wildman–Crippen MR) is 76.6 cm³/mol. The molecule has 0 unspecified atom stereocenters. The molecule has 96 valence electrons. The highest BCUT2D eigenvalue weighted by molar-refractivity contribution is 5.81. The molecule has 1 aliphatic rings. The molecule has 19 heavy (non-hydrogen) atoms. The smallest absolute Gasteiger partial charge is 0.218 e. The van der Waals surface area contributed by atoms with Gasteiger partial charge >= 0.3 is 0 Å². The first-order valence-corrected chi connectivity index (χ1v) is 6.38. The van der Waals surface area contributed by atoms with Gasteiger partial charge in [0.25, 0.3) is 0 Å². The maximum Gasteiger partial charge on any atom is 0.218 e. The zero-order valence-corrected chi connectivity index (χ0v) is 10.8. The average molecular weight is 252 g/mol. The third-order valence-electron chi connectivity index (χ3n) is 3.75. The number of amides is 1. The molecule has 0 bridgehead atoms. The fraction of sp³-hybridized carbons (Fsp3) is 0.188. The first-order chi connectivity index (χ1) is 9.18. The maximum absolute atomic E-state index is 11.4. The van der Waals surface area contributed by atoms with Gasteiger partial charge in [0, 0.05) is 30.8 Å². The van der Waals surface area contributed by atoms with Crippen LogP contribution in [0.15, 0.2) is 48.5 Å². The Morgan fingerprint density at radius 2 is 1.53 bits per heavy atom. The van der Waals surface area contributed by atoms with Gasteiger partial charge in [-0.05, 0) is 23.3 Å². The van der Waals surface area contributed by atoms with Gasteiger partial charge in [-0.3, -0.25) is 4.79 Å². The minimum absolute atomic E-state index is 0.0566. The van der Waals surface area contributed by atoms with Crippen molar-refractivity contribution < 1.29 is 4.79 Å². The third kappa shape index (κ3) is 1.87. The van der Waals surface area contributed by atoms with Gasteiger partial charge in [0.05, 0.1) is 0 Å². The van der Waals surface area contributed by atoms with Crippen molar-refractivity contribution >= 4 is 17.3 Å². The second-order valence-electron chi connectivity index (χ2n) is 4.90. The van der Waals surface area contributed by atoms with Crippen molar-refractivity contribution in [2.45, 2.75) is 12.3 Å². The summed E-state index contributed by atoms with van der Waals surface area (Å²) in [6.07, 6.45) is 0.349. The Morgan fingerprint density at radius 1 is 1.05 bits per heavy atom. The molecule has 2 aromatic rings. The lowest BCUT2D eigenvalue weighted by atomic mass is 9.83. The van der Waals surface area contributed by atoms with E-state index >= 15 is 0 Å². The molecule has 0 spiro atoms. The molecule has 3 nitrogen and oxygen atoms in total. The van der Waals surface area contributed by atoms with Gasteiger partial charge in [0.15, 0.2) is 0 Å². The van der Waals surface area contributed by atoms with E-state index < -0.39 is 0 Å². The van der Waals surface area contributed by atoms with Gasteiger partial charge in [-0.25, -0.2) is 0 Å². The fourth-order valence-corrected chi connectivity index (χ4v) is 2.89. The van der Waals surface area contributed by atoms with Crippen molar-refractivity contribution in [3.05, 3.63) is 59.7 Å². The van der Waals surface area contributed by atoms with Crippen molar-refractivity contribution in [1.82, 2.24) is 0 Å². The van der Waals surface area contributed by atoms with Gasteiger partial charge in [0.1, 0.15) is 0 Å². The van der Waals surface area contributed by atoms with Crippen LogP contribution in [0.3, 0.4) is 0 Å². The van der Waals surface area contributed by atoms with E-state index in [1.165, 1.54) is 11.1 Å². The SMILES string of the molecule is CN1c2ccccc2C(CC(N)=O)c2ccccc21. The molecular weight excluding hydrogens is 236 g/mol. The largest absolute Gasteiger partial charge is 0.370 e. The molecular formula is C16H16N2O. The lowest BCUT2D eigenvalue weighted by Crippen LogP contribution is -2.24. The van der Waals surface area contributed by atoms with E-state index in [9.17, 15) is 4.79 Å². The Morgan fingerprint density at radius 3 is 2.00 bits per heavy atom. The fourth-order valence-electron chi connectivity index (χ4n) is 2.89. The monoisotopic (exact) mass is 252 g/mol. The van der Waals surface area contributed by atoms with Crippen LogP contribution < -0.4 is 10.6 Å². The summed E-state index contributed by atoms with van der Waals surface area (Å²) in [5.74, 6) is -0.208. The minimum Gasteiger partial charge on any atom is -0.370 e. The zero-order chi connectivity index (χ0) is 13.4. The van der Waals surface area contributed by atoms with E-state index in [1.807, 2.05) is 24.3 Å². The van der Waals surface area contributed by atoms with E-state index in [2.05, 4.69) is 36.2 Å². The van der Waals surface area contributed by atoms with Crippen LogP contribution in [-0.4, -0.2) is 13.0 Å². The summed E-state index contributed by atoms with van der Waals surface area (Å²) < 4.78 is 0. The van der Waals surface area contributed by atoms with Gasteiger partial charge in [0.2, 0.25) is 5.91 Å². The predicted octanol–water partition coefficient (Wildman–Crippen LogP) is 2.78. The molecule has 1 aliphatic heterocycles. The summed E-state index contributed by atoms with van der Waals surface area (Å²) in [6, 6.07) is 16.4. The summed E-state index contributed by atoms with van der Waals surface area (Å²) in [5.41, 5.74) is 10.0. The van der Waals surface area contributed by atoms with Crippen molar-refractivity contribution in [3.8, 4) is 0 Å². The topological polar surface area (TPSA) is 46.3 Å². The van der Waals surface area contributed by atoms with Gasteiger partial charge < -0.3 is 10.6 Å². The average Bonchev–Trinajstić information content (AvgIpc) is 2.43. The number of hydrogen-bond donors (Lipinski definition) is 1. The number of para-hydroxylation sites is 2. The van der Waals surface area contributed by atoms with E-state index in [-0.39, 0.29) is 11.8 Å². The van der Waals surface area contributed by atoms with E-state index in [0.717, 1.165) is 11.4 Å². The molecule has 0 aliphatic carbocycles. The Labute approximate surface area is 112 Å². The molecule has 0 aromatic heterocycles. The Hall–Kier alpha value is -2.29. The Balaban J connectivity index is 2.20. The van der Waals surface area contributed by atoms with E-state index in [0.29, 0.717) is 6.42 Å². The number of benzene rings is 2. The first-order valence-electron chi connectivity index (χ1n) is 6.38. The second-order valence-corrected chi connectivity index (χ2v) is 4.90. The molecule has 3 heteroatoms. The normalized spacial score (nSPS) is 13.8. The van der Waals surface area contributed by atoms with Gasteiger partial charge in [-0.1, -0.05) is 36.4 Å². The standard InChI is InChI=1S/C16H16N2O/c1-18-14-8-4-2-6-11(14)13(10-16(17)19)12-7-3-5-9-15(12)18/h2-9,13H,10H2,1H3,(H2,17,19). The lowest BCUT2D eigenvalue weighted by Gasteiger charge is -2.35. The molecule has 0 fully saturated rings. The lowest BCUT2D eigenvalue weighted by molar-refractivity contribution is -0.118. The molecule has 2 N–H and O–H groups in total. The van der Waals surface area contributed by atoms with Crippen LogP contribution in [-0.2, 0) is 4.79 Å². The summed E-state index contributed by atoms with van der Waals surface area (Å²) in [7, 11) is 2.05. The molecule has 0 atom stereocenters. The van der Waals surface area contributed by atoms with Crippen LogP contribution in [0.4, 0.5) is 11.4 Å². The summed E-state index contributed by atoms with van der Waals surface area (Å²) in [4.78, 5) is 13.5. The van der Waals surface area contributed by atoms with Crippen LogP contribution in [0.5, 0.6) is 0 Å². The van der Waals surface area contributed by atoms with Crippen LogP contribution in [0, 0.1) is 0 Å². The van der Waals surface area contributed by atoms with Gasteiger partial charge in [-0.2, -0.15) is 0 Å². The number of carbonyl (C=O) groups is 1. The molecule has 0 radical (unpaired) electrons. The number of hydrogen-bond acceptors (Lipinski definition) is 2. The molecule has 0 saturated carbocycles. The van der Waals surface area contributed by atoms with E-state index in [4.69, 9.17) is 5.73 Å². The molecule has 2 aromatic carbocycles. The Kier molecular flexibility index (Phi) is 2.75. The van der Waals surface area contributed by atoms with Crippen molar-refractivity contribution in [3.63, 3.8) is 0 Å². The number of rotatable bonds is 2. The molecule has 1 amide bonds. The molecule has 3 rings (SSSR count). The van der Waals surface area contributed by atoms with Gasteiger partial charge in [-0.15, -0.1) is 0 Å². The number of carbonyl (C=O) groups excluding carboxylic acids is 1. The van der Waals surface area contributed by atoms with Crippen LogP contribution >= 0.6 is 0 Å². The van der Waals surface area contributed by atoms with E-state index in [1.54, 1.807) is 0 Å². The maximum atomic E-state index is 11.4. The second kappa shape index (κ2) is 4.43. The number of anilines is 2. The summed E-state index contributed by atoms with van der Waals surface area (Å²) >= 11 is 0. The van der Waals surface area contributed by atoms with Crippen LogP contribution in [0.2, 0.25) is 0 Å².